The highest BCUT2D eigenvalue weighted by Crippen LogP contribution is 2.26. The van der Waals surface area contributed by atoms with Gasteiger partial charge >= 0.3 is 0 Å². The monoisotopic (exact) mass is 215 g/mol. The lowest BCUT2D eigenvalue weighted by atomic mass is 10.0. The van der Waals surface area contributed by atoms with Crippen molar-refractivity contribution < 1.29 is 4.79 Å². The van der Waals surface area contributed by atoms with Crippen molar-refractivity contribution in [2.24, 2.45) is 5.92 Å². The van der Waals surface area contributed by atoms with Crippen LogP contribution in [-0.2, 0) is 11.3 Å². The Hall–Kier alpha value is -1.89. The zero-order valence-electron chi connectivity index (χ0n) is 9.13. The molecule has 2 rings (SSSR count). The lowest BCUT2D eigenvalue weighted by Crippen LogP contribution is -2.32. The summed E-state index contributed by atoms with van der Waals surface area (Å²) in [7, 11) is 0. The number of carbonyl (C=O) groups excluding carboxylic acids is 1. The number of aromatic nitrogens is 1. The van der Waals surface area contributed by atoms with Crippen LogP contribution in [0.15, 0.2) is 24.5 Å². The van der Waals surface area contributed by atoms with E-state index in [2.05, 4.69) is 11.1 Å². The van der Waals surface area contributed by atoms with E-state index < -0.39 is 0 Å². The van der Waals surface area contributed by atoms with Gasteiger partial charge in [-0.15, -0.1) is 0 Å². The Labute approximate surface area is 94.5 Å². The third-order valence-electron chi connectivity index (χ3n) is 3.03. The molecule has 82 valence electrons. The van der Waals surface area contributed by atoms with E-state index in [1.807, 2.05) is 19.1 Å². The van der Waals surface area contributed by atoms with Crippen molar-refractivity contribution in [3.05, 3.63) is 30.1 Å². The van der Waals surface area contributed by atoms with Gasteiger partial charge in [0.05, 0.1) is 12.0 Å². The van der Waals surface area contributed by atoms with Crippen LogP contribution in [0.25, 0.3) is 0 Å². The van der Waals surface area contributed by atoms with E-state index in [4.69, 9.17) is 5.26 Å². The predicted octanol–water partition coefficient (Wildman–Crippen LogP) is 1.34. The largest absolute Gasteiger partial charge is 0.334 e. The van der Waals surface area contributed by atoms with Crippen LogP contribution in [0.5, 0.6) is 0 Å². The van der Waals surface area contributed by atoms with Crippen molar-refractivity contribution in [2.75, 3.05) is 0 Å². The molecule has 4 heteroatoms. The van der Waals surface area contributed by atoms with Crippen LogP contribution in [0.3, 0.4) is 0 Å². The number of pyridine rings is 1. The van der Waals surface area contributed by atoms with Gasteiger partial charge in [0.2, 0.25) is 5.91 Å². The van der Waals surface area contributed by atoms with Gasteiger partial charge in [-0.05, 0) is 18.6 Å². The second kappa shape index (κ2) is 4.31. The number of rotatable bonds is 2. The fourth-order valence-corrected chi connectivity index (χ4v) is 1.99. The average molecular weight is 215 g/mol. The van der Waals surface area contributed by atoms with E-state index in [1.165, 1.54) is 0 Å². The first-order chi connectivity index (χ1) is 7.72. The molecule has 0 N–H and O–H groups in total. The fraction of sp³-hybridized carbons (Fsp3) is 0.417. The van der Waals surface area contributed by atoms with Gasteiger partial charge in [-0.3, -0.25) is 9.78 Å². The molecule has 0 aliphatic carbocycles. The summed E-state index contributed by atoms with van der Waals surface area (Å²) in [6.45, 7) is 2.47. The topological polar surface area (TPSA) is 57.0 Å². The Bertz CT molecular complexity index is 424. The van der Waals surface area contributed by atoms with Gasteiger partial charge in [0.15, 0.2) is 0 Å². The smallest absolute Gasteiger partial charge is 0.224 e. The van der Waals surface area contributed by atoms with E-state index in [-0.39, 0.29) is 17.9 Å². The Balaban J connectivity index is 2.12. The lowest BCUT2D eigenvalue weighted by molar-refractivity contribution is -0.129. The molecule has 2 atom stereocenters. The van der Waals surface area contributed by atoms with Gasteiger partial charge in [-0.25, -0.2) is 0 Å². The molecule has 1 saturated heterocycles. The first kappa shape index (κ1) is 10.6. The molecule has 0 radical (unpaired) electrons. The van der Waals surface area contributed by atoms with Crippen molar-refractivity contribution in [3.8, 4) is 6.07 Å². The third-order valence-corrected chi connectivity index (χ3v) is 3.03. The molecule has 0 saturated carbocycles. The number of likely N-dealkylation sites (tertiary alicyclic amines) is 1. The van der Waals surface area contributed by atoms with E-state index in [9.17, 15) is 4.79 Å². The number of nitrogens with zero attached hydrogens (tertiary/aromatic N) is 3. The molecule has 1 fully saturated rings. The minimum atomic E-state index is -0.177. The summed E-state index contributed by atoms with van der Waals surface area (Å²) in [5.74, 6) is -0.118. The van der Waals surface area contributed by atoms with Crippen molar-refractivity contribution in [1.82, 2.24) is 9.88 Å². The van der Waals surface area contributed by atoms with Gasteiger partial charge in [-0.2, -0.15) is 5.26 Å². The first-order valence-corrected chi connectivity index (χ1v) is 5.30. The zero-order valence-corrected chi connectivity index (χ0v) is 9.13. The van der Waals surface area contributed by atoms with Crippen LogP contribution in [0.1, 0.15) is 18.9 Å². The highest BCUT2D eigenvalue weighted by molar-refractivity contribution is 5.79. The first-order valence-electron chi connectivity index (χ1n) is 5.30. The van der Waals surface area contributed by atoms with Crippen LogP contribution in [-0.4, -0.2) is 21.8 Å². The summed E-state index contributed by atoms with van der Waals surface area (Å²) in [4.78, 5) is 17.5. The molecule has 2 heterocycles. The number of nitriles is 1. The van der Waals surface area contributed by atoms with Crippen LogP contribution < -0.4 is 0 Å². The molecular formula is C12H13N3O. The van der Waals surface area contributed by atoms with Crippen molar-refractivity contribution in [1.29, 1.82) is 5.26 Å². The minimum Gasteiger partial charge on any atom is -0.334 e. The van der Waals surface area contributed by atoms with E-state index in [0.29, 0.717) is 13.0 Å². The number of hydrogen-bond donors (Lipinski definition) is 0. The SMILES string of the molecule is CC1C(C#N)CC(=O)N1Cc1cccnc1. The maximum atomic E-state index is 11.7. The molecule has 0 aromatic carbocycles. The highest BCUT2D eigenvalue weighted by atomic mass is 16.2. The molecule has 1 amide bonds. The molecule has 1 aromatic heterocycles. The van der Waals surface area contributed by atoms with Crippen molar-refractivity contribution in [3.63, 3.8) is 0 Å². The molecule has 4 nitrogen and oxygen atoms in total. The van der Waals surface area contributed by atoms with Crippen molar-refractivity contribution in [2.45, 2.75) is 25.9 Å². The Morgan fingerprint density at radius 2 is 2.50 bits per heavy atom. The molecule has 0 bridgehead atoms. The maximum absolute atomic E-state index is 11.7. The zero-order chi connectivity index (χ0) is 11.5. The quantitative estimate of drug-likeness (QED) is 0.748. The van der Waals surface area contributed by atoms with E-state index in [0.717, 1.165) is 5.56 Å². The fourth-order valence-electron chi connectivity index (χ4n) is 1.99. The van der Waals surface area contributed by atoms with E-state index in [1.54, 1.807) is 17.3 Å². The van der Waals surface area contributed by atoms with Gasteiger partial charge < -0.3 is 4.90 Å². The summed E-state index contributed by atoms with van der Waals surface area (Å²) in [6, 6.07) is 5.97. The molecule has 1 aromatic rings. The Morgan fingerprint density at radius 1 is 1.69 bits per heavy atom. The van der Waals surface area contributed by atoms with E-state index >= 15 is 0 Å². The molecule has 2 unspecified atom stereocenters. The van der Waals surface area contributed by atoms with Crippen LogP contribution in [0, 0.1) is 17.2 Å². The van der Waals surface area contributed by atoms with Gasteiger partial charge in [0, 0.05) is 31.4 Å². The number of carbonyl (C=O) groups is 1. The van der Waals surface area contributed by atoms with Crippen molar-refractivity contribution >= 4 is 5.91 Å². The minimum absolute atomic E-state index is 0.00212. The summed E-state index contributed by atoms with van der Waals surface area (Å²) in [5.41, 5.74) is 1.00. The molecular weight excluding hydrogens is 202 g/mol. The summed E-state index contributed by atoms with van der Waals surface area (Å²) in [5, 5.41) is 8.90. The molecule has 16 heavy (non-hydrogen) atoms. The number of hydrogen-bond acceptors (Lipinski definition) is 3. The van der Waals surface area contributed by atoms with Crippen LogP contribution in [0.4, 0.5) is 0 Å². The normalized spacial score (nSPS) is 24.5. The molecule has 1 aliphatic heterocycles. The highest BCUT2D eigenvalue weighted by Gasteiger charge is 2.36. The predicted molar refractivity (Wildman–Crippen MR) is 58.0 cm³/mol. The van der Waals surface area contributed by atoms with Crippen LogP contribution in [0.2, 0.25) is 0 Å². The lowest BCUT2D eigenvalue weighted by Gasteiger charge is -2.22. The second-order valence-electron chi connectivity index (χ2n) is 4.06. The maximum Gasteiger partial charge on any atom is 0.224 e. The summed E-state index contributed by atoms with van der Waals surface area (Å²) >= 11 is 0. The molecule has 0 spiro atoms. The summed E-state index contributed by atoms with van der Waals surface area (Å²) < 4.78 is 0. The number of amides is 1. The van der Waals surface area contributed by atoms with Gasteiger partial charge in [0.1, 0.15) is 0 Å². The average Bonchev–Trinajstić information content (AvgIpc) is 2.58. The molecule has 1 aliphatic rings. The standard InChI is InChI=1S/C12H13N3O/c1-9-11(6-13)5-12(16)15(9)8-10-3-2-4-14-7-10/h2-4,7,9,11H,5,8H2,1H3. The van der Waals surface area contributed by atoms with Gasteiger partial charge in [0.25, 0.3) is 0 Å². The van der Waals surface area contributed by atoms with Gasteiger partial charge in [-0.1, -0.05) is 6.07 Å². The Morgan fingerprint density at radius 3 is 3.06 bits per heavy atom. The second-order valence-corrected chi connectivity index (χ2v) is 4.06. The Kier molecular flexibility index (Phi) is 2.86. The summed E-state index contributed by atoms with van der Waals surface area (Å²) in [6.07, 6.45) is 3.80. The van der Waals surface area contributed by atoms with Crippen LogP contribution >= 0.6 is 0 Å². The third kappa shape index (κ3) is 1.89.